The number of aryl methyl sites for hydroxylation is 2. The third-order valence-corrected chi connectivity index (χ3v) is 4.00. The first-order valence-electron chi connectivity index (χ1n) is 8.86. The van der Waals surface area contributed by atoms with E-state index in [-0.39, 0.29) is 12.4 Å². The van der Waals surface area contributed by atoms with E-state index < -0.39 is 6.10 Å². The number of carbonyl (C=O) groups is 1. The molecule has 0 spiro atoms. The van der Waals surface area contributed by atoms with Gasteiger partial charge >= 0.3 is 5.97 Å². The lowest BCUT2D eigenvalue weighted by Crippen LogP contribution is -2.13. The molecule has 0 saturated carbocycles. The second-order valence-corrected chi connectivity index (χ2v) is 6.83. The predicted molar refractivity (Wildman–Crippen MR) is 93.0 cm³/mol. The molecule has 0 N–H and O–H groups in total. The number of aromatic nitrogens is 4. The van der Waals surface area contributed by atoms with Crippen LogP contribution in [0.5, 0.6) is 0 Å². The van der Waals surface area contributed by atoms with Gasteiger partial charge in [-0.25, -0.2) is 0 Å². The summed E-state index contributed by atoms with van der Waals surface area (Å²) in [6.45, 7) is 12.8. The van der Waals surface area contributed by atoms with Crippen LogP contribution in [0, 0.1) is 19.8 Å². The van der Waals surface area contributed by atoms with E-state index in [9.17, 15) is 4.79 Å². The van der Waals surface area contributed by atoms with Gasteiger partial charge in [0.1, 0.15) is 0 Å². The molecule has 25 heavy (non-hydrogen) atoms. The number of hydrogen-bond donors (Lipinski definition) is 0. The topological polar surface area (TPSA) is 83.0 Å². The van der Waals surface area contributed by atoms with E-state index in [0.29, 0.717) is 17.6 Å². The van der Waals surface area contributed by atoms with Crippen LogP contribution in [0.15, 0.2) is 4.52 Å². The van der Waals surface area contributed by atoms with Gasteiger partial charge in [0.2, 0.25) is 0 Å². The first-order valence-corrected chi connectivity index (χ1v) is 8.86. The summed E-state index contributed by atoms with van der Waals surface area (Å²) in [6, 6.07) is 0. The molecule has 0 amide bonds. The molecule has 2 heterocycles. The van der Waals surface area contributed by atoms with Crippen molar-refractivity contribution in [2.75, 3.05) is 0 Å². The Bertz CT molecular complexity index is 718. The maximum atomic E-state index is 12.3. The first-order chi connectivity index (χ1) is 11.8. The van der Waals surface area contributed by atoms with Crippen LogP contribution in [0.2, 0.25) is 0 Å². The van der Waals surface area contributed by atoms with Gasteiger partial charge in [-0.05, 0) is 33.1 Å². The van der Waals surface area contributed by atoms with Gasteiger partial charge in [0.05, 0.1) is 12.1 Å². The molecule has 0 aliphatic heterocycles. The minimum Gasteiger partial charge on any atom is -0.452 e. The van der Waals surface area contributed by atoms with E-state index in [1.807, 2.05) is 25.5 Å². The minimum absolute atomic E-state index is 0.191. The molecule has 2 rings (SSSR count). The van der Waals surface area contributed by atoms with E-state index in [1.54, 1.807) is 6.92 Å². The number of carbonyl (C=O) groups excluding carboxylic acids is 1. The lowest BCUT2D eigenvalue weighted by Gasteiger charge is -2.10. The molecule has 0 fully saturated rings. The average molecular weight is 348 g/mol. The van der Waals surface area contributed by atoms with Crippen LogP contribution in [-0.2, 0) is 28.9 Å². The van der Waals surface area contributed by atoms with Crippen molar-refractivity contribution in [2.24, 2.45) is 5.92 Å². The molecule has 0 radical (unpaired) electrons. The highest BCUT2D eigenvalue weighted by molar-refractivity contribution is 5.73. The smallest absolute Gasteiger partial charge is 0.311 e. The zero-order valence-electron chi connectivity index (χ0n) is 16.0. The summed E-state index contributed by atoms with van der Waals surface area (Å²) in [7, 11) is 0. The van der Waals surface area contributed by atoms with Crippen LogP contribution in [0.25, 0.3) is 0 Å². The Balaban J connectivity index is 2.00. The lowest BCUT2D eigenvalue weighted by atomic mass is 10.1. The van der Waals surface area contributed by atoms with E-state index in [2.05, 4.69) is 29.1 Å². The molecule has 0 bridgehead atoms. The second-order valence-electron chi connectivity index (χ2n) is 6.83. The van der Waals surface area contributed by atoms with Crippen molar-refractivity contribution in [3.05, 3.63) is 28.7 Å². The molecule has 0 saturated heterocycles. The SMILES string of the molecule is CCCc1noc(C(C)OC(=O)Cc2c(C)nn(CC(C)C)c2C)n1. The summed E-state index contributed by atoms with van der Waals surface area (Å²) in [5.41, 5.74) is 2.81. The Kier molecular flexibility index (Phi) is 6.33. The number of nitrogens with zero attached hydrogens (tertiary/aromatic N) is 4. The summed E-state index contributed by atoms with van der Waals surface area (Å²) in [6.07, 6.45) is 1.32. The average Bonchev–Trinajstić information content (AvgIpc) is 3.08. The minimum atomic E-state index is -0.558. The highest BCUT2D eigenvalue weighted by atomic mass is 16.6. The molecule has 1 atom stereocenters. The molecule has 0 aliphatic rings. The Morgan fingerprint density at radius 1 is 1.28 bits per heavy atom. The fourth-order valence-corrected chi connectivity index (χ4v) is 2.70. The van der Waals surface area contributed by atoms with Gasteiger partial charge < -0.3 is 9.26 Å². The van der Waals surface area contributed by atoms with Gasteiger partial charge in [-0.1, -0.05) is 25.9 Å². The Labute approximate surface area is 148 Å². The van der Waals surface area contributed by atoms with Gasteiger partial charge in [0.25, 0.3) is 5.89 Å². The van der Waals surface area contributed by atoms with Crippen LogP contribution >= 0.6 is 0 Å². The molecule has 7 heteroatoms. The van der Waals surface area contributed by atoms with Crippen molar-refractivity contribution in [3.8, 4) is 0 Å². The molecule has 0 aromatic carbocycles. The number of esters is 1. The Hall–Kier alpha value is -2.18. The van der Waals surface area contributed by atoms with Gasteiger partial charge in [-0.15, -0.1) is 0 Å². The summed E-state index contributed by atoms with van der Waals surface area (Å²) in [4.78, 5) is 16.6. The van der Waals surface area contributed by atoms with Crippen molar-refractivity contribution in [1.29, 1.82) is 0 Å². The first kappa shape index (κ1) is 19.1. The maximum Gasteiger partial charge on any atom is 0.311 e. The van der Waals surface area contributed by atoms with E-state index in [0.717, 1.165) is 36.3 Å². The summed E-state index contributed by atoms with van der Waals surface area (Å²) >= 11 is 0. The molecule has 138 valence electrons. The van der Waals surface area contributed by atoms with Crippen LogP contribution in [0.1, 0.15) is 68.9 Å². The predicted octanol–water partition coefficient (Wildman–Crippen LogP) is 3.34. The largest absolute Gasteiger partial charge is 0.452 e. The highest BCUT2D eigenvalue weighted by Gasteiger charge is 2.21. The van der Waals surface area contributed by atoms with E-state index in [4.69, 9.17) is 9.26 Å². The van der Waals surface area contributed by atoms with Crippen LogP contribution in [0.3, 0.4) is 0 Å². The van der Waals surface area contributed by atoms with Crippen molar-refractivity contribution in [3.63, 3.8) is 0 Å². The molecule has 1 unspecified atom stereocenters. The molecule has 0 aliphatic carbocycles. The number of rotatable bonds is 8. The Morgan fingerprint density at radius 3 is 2.64 bits per heavy atom. The van der Waals surface area contributed by atoms with Gasteiger partial charge in [0.15, 0.2) is 11.9 Å². The van der Waals surface area contributed by atoms with Gasteiger partial charge in [-0.3, -0.25) is 9.48 Å². The van der Waals surface area contributed by atoms with Gasteiger partial charge in [0, 0.05) is 24.2 Å². The zero-order chi connectivity index (χ0) is 18.6. The van der Waals surface area contributed by atoms with Crippen LogP contribution in [-0.4, -0.2) is 25.9 Å². The summed E-state index contributed by atoms with van der Waals surface area (Å²) in [5, 5.41) is 8.42. The second kappa shape index (κ2) is 8.27. The molecular weight excluding hydrogens is 320 g/mol. The molecular formula is C18H28N4O3. The van der Waals surface area contributed by atoms with E-state index in [1.165, 1.54) is 0 Å². The van der Waals surface area contributed by atoms with Gasteiger partial charge in [-0.2, -0.15) is 10.1 Å². The molecule has 2 aromatic rings. The number of ether oxygens (including phenoxy) is 1. The monoisotopic (exact) mass is 348 g/mol. The lowest BCUT2D eigenvalue weighted by molar-refractivity contribution is -0.148. The van der Waals surface area contributed by atoms with Crippen molar-refractivity contribution < 1.29 is 14.1 Å². The molecule has 2 aromatic heterocycles. The zero-order valence-corrected chi connectivity index (χ0v) is 16.0. The normalized spacial score (nSPS) is 12.6. The van der Waals surface area contributed by atoms with Crippen molar-refractivity contribution in [2.45, 2.75) is 73.5 Å². The molecule has 7 nitrogen and oxygen atoms in total. The fourth-order valence-electron chi connectivity index (χ4n) is 2.70. The highest BCUT2D eigenvalue weighted by Crippen LogP contribution is 2.19. The maximum absolute atomic E-state index is 12.3. The van der Waals surface area contributed by atoms with E-state index >= 15 is 0 Å². The summed E-state index contributed by atoms with van der Waals surface area (Å²) < 4.78 is 12.6. The standard InChI is InChI=1S/C18H28N4O3/c1-7-8-16-19-18(25-21-16)14(6)24-17(23)9-15-12(4)20-22(13(15)5)10-11(2)3/h11,14H,7-10H2,1-6H3. The fraction of sp³-hybridized carbons (Fsp3) is 0.667. The quantitative estimate of drug-likeness (QED) is 0.680. The third kappa shape index (κ3) is 4.90. The van der Waals surface area contributed by atoms with Crippen LogP contribution in [0.4, 0.5) is 0 Å². The van der Waals surface area contributed by atoms with Crippen molar-refractivity contribution >= 4 is 5.97 Å². The third-order valence-electron chi connectivity index (χ3n) is 4.00. The van der Waals surface area contributed by atoms with Crippen LogP contribution < -0.4 is 0 Å². The number of hydrogen-bond acceptors (Lipinski definition) is 6. The summed E-state index contributed by atoms with van der Waals surface area (Å²) in [5.74, 6) is 1.15. The Morgan fingerprint density at radius 2 is 2.00 bits per heavy atom. The van der Waals surface area contributed by atoms with Crippen molar-refractivity contribution in [1.82, 2.24) is 19.9 Å².